The van der Waals surface area contributed by atoms with E-state index in [4.69, 9.17) is 4.74 Å². The summed E-state index contributed by atoms with van der Waals surface area (Å²) in [6, 6.07) is 16.5. The number of rotatable bonds is 5. The van der Waals surface area contributed by atoms with Crippen LogP contribution in [0.1, 0.15) is 30.2 Å². The summed E-state index contributed by atoms with van der Waals surface area (Å²) in [5.41, 5.74) is 0.659. The molecule has 1 amide bonds. The summed E-state index contributed by atoms with van der Waals surface area (Å²) in [7, 11) is -4.08. The van der Waals surface area contributed by atoms with Gasteiger partial charge >= 0.3 is 6.09 Å². The number of carbonyl (C=O) groups excluding carboxylic acids is 2. The standard InChI is InChI=1S/C21H21NO5S/c1-3-22(4-2)21(24)27-18-17(23)19(15-11-7-5-8-12-15)28(25,26)20(18)16-13-9-6-10-14-16/h5-14,19H,3-4H2,1-2H3. The average Bonchev–Trinajstić information content (AvgIpc) is 2.89. The predicted molar refractivity (Wildman–Crippen MR) is 106 cm³/mol. The minimum Gasteiger partial charge on any atom is -0.405 e. The molecule has 146 valence electrons. The minimum absolute atomic E-state index is 0.243. The molecule has 0 aliphatic carbocycles. The maximum atomic E-state index is 13.3. The summed E-state index contributed by atoms with van der Waals surface area (Å²) < 4.78 is 32.0. The molecule has 1 aliphatic heterocycles. The molecule has 2 aromatic rings. The lowest BCUT2D eigenvalue weighted by Crippen LogP contribution is -2.31. The highest BCUT2D eigenvalue weighted by Gasteiger charge is 2.50. The van der Waals surface area contributed by atoms with Crippen molar-refractivity contribution in [1.29, 1.82) is 0 Å². The largest absolute Gasteiger partial charge is 0.415 e. The third-order valence-corrected chi connectivity index (χ3v) is 6.71. The zero-order valence-corrected chi connectivity index (χ0v) is 16.5. The van der Waals surface area contributed by atoms with E-state index in [-0.39, 0.29) is 4.91 Å². The Labute approximate surface area is 164 Å². The fourth-order valence-corrected chi connectivity index (χ4v) is 5.20. The van der Waals surface area contributed by atoms with Gasteiger partial charge in [0.25, 0.3) is 0 Å². The van der Waals surface area contributed by atoms with Crippen molar-refractivity contribution in [2.45, 2.75) is 19.1 Å². The van der Waals surface area contributed by atoms with E-state index < -0.39 is 32.7 Å². The number of hydrogen-bond donors (Lipinski definition) is 0. The first-order chi connectivity index (χ1) is 13.4. The summed E-state index contributed by atoms with van der Waals surface area (Å²) in [6.07, 6.45) is -0.745. The highest BCUT2D eigenvalue weighted by molar-refractivity contribution is 8.02. The third-order valence-electron chi connectivity index (χ3n) is 4.61. The molecule has 0 fully saturated rings. The molecule has 6 nitrogen and oxygen atoms in total. The van der Waals surface area contributed by atoms with Crippen LogP contribution in [0.2, 0.25) is 0 Å². The zero-order chi connectivity index (χ0) is 20.3. The van der Waals surface area contributed by atoms with Crippen molar-refractivity contribution in [3.63, 3.8) is 0 Å². The van der Waals surface area contributed by atoms with Crippen LogP contribution in [0.15, 0.2) is 66.4 Å². The summed E-state index contributed by atoms with van der Waals surface area (Å²) >= 11 is 0. The van der Waals surface area contributed by atoms with Crippen LogP contribution in [0, 0.1) is 0 Å². The van der Waals surface area contributed by atoms with Crippen LogP contribution in [-0.2, 0) is 19.4 Å². The molecule has 2 aromatic carbocycles. The lowest BCUT2D eigenvalue weighted by molar-refractivity contribution is -0.117. The first-order valence-corrected chi connectivity index (χ1v) is 10.6. The van der Waals surface area contributed by atoms with Gasteiger partial charge in [0.15, 0.2) is 20.8 Å². The Hall–Kier alpha value is -2.93. The second-order valence-electron chi connectivity index (χ2n) is 6.26. The first kappa shape index (κ1) is 19.8. The van der Waals surface area contributed by atoms with Gasteiger partial charge in [-0.2, -0.15) is 0 Å². The maximum Gasteiger partial charge on any atom is 0.415 e. The molecule has 3 rings (SSSR count). The minimum atomic E-state index is -4.08. The molecule has 28 heavy (non-hydrogen) atoms. The molecule has 0 N–H and O–H groups in total. The second kappa shape index (κ2) is 7.98. The van der Waals surface area contributed by atoms with Crippen LogP contribution in [-0.4, -0.2) is 38.3 Å². The van der Waals surface area contributed by atoms with Crippen molar-refractivity contribution in [1.82, 2.24) is 4.90 Å². The molecule has 1 aliphatic rings. The van der Waals surface area contributed by atoms with Gasteiger partial charge in [0.1, 0.15) is 4.91 Å². The van der Waals surface area contributed by atoms with Gasteiger partial charge in [-0.3, -0.25) is 4.79 Å². The Morgan fingerprint density at radius 2 is 1.50 bits per heavy atom. The molecule has 7 heteroatoms. The quantitative estimate of drug-likeness (QED) is 0.768. The van der Waals surface area contributed by atoms with Crippen molar-refractivity contribution in [3.05, 3.63) is 77.5 Å². The van der Waals surface area contributed by atoms with Crippen LogP contribution >= 0.6 is 0 Å². The number of Topliss-reactive ketones (excluding diaryl/α,β-unsaturated/α-hetero) is 1. The average molecular weight is 399 g/mol. The number of allylic oxidation sites excluding steroid dienone is 1. The fourth-order valence-electron chi connectivity index (χ4n) is 3.19. The summed E-state index contributed by atoms with van der Waals surface area (Å²) in [6.45, 7) is 4.31. The number of sulfone groups is 1. The van der Waals surface area contributed by atoms with Crippen LogP contribution in [0.5, 0.6) is 0 Å². The summed E-state index contributed by atoms with van der Waals surface area (Å²) in [5, 5.41) is -1.43. The number of benzene rings is 2. The van der Waals surface area contributed by atoms with E-state index in [0.29, 0.717) is 24.2 Å². The topological polar surface area (TPSA) is 80.8 Å². The highest BCUT2D eigenvalue weighted by atomic mass is 32.2. The van der Waals surface area contributed by atoms with Gasteiger partial charge in [-0.25, -0.2) is 13.2 Å². The third kappa shape index (κ3) is 3.45. The van der Waals surface area contributed by atoms with Crippen molar-refractivity contribution in [2.75, 3.05) is 13.1 Å². The van der Waals surface area contributed by atoms with Gasteiger partial charge in [-0.15, -0.1) is 0 Å². The Morgan fingerprint density at radius 1 is 0.964 bits per heavy atom. The van der Waals surface area contributed by atoms with E-state index in [1.54, 1.807) is 74.5 Å². The summed E-state index contributed by atoms with van der Waals surface area (Å²) in [5.74, 6) is -1.15. The maximum absolute atomic E-state index is 13.3. The lowest BCUT2D eigenvalue weighted by Gasteiger charge is -2.18. The molecule has 0 aromatic heterocycles. The number of amides is 1. The Kier molecular flexibility index (Phi) is 5.65. The fraction of sp³-hybridized carbons (Fsp3) is 0.238. The van der Waals surface area contributed by atoms with Crippen molar-refractivity contribution in [2.24, 2.45) is 0 Å². The van der Waals surface area contributed by atoms with Gasteiger partial charge in [0, 0.05) is 13.1 Å². The van der Waals surface area contributed by atoms with Crippen molar-refractivity contribution >= 4 is 26.6 Å². The smallest absolute Gasteiger partial charge is 0.405 e. The van der Waals surface area contributed by atoms with Gasteiger partial charge in [0.05, 0.1) is 0 Å². The molecule has 0 saturated heterocycles. The van der Waals surface area contributed by atoms with Crippen molar-refractivity contribution < 1.29 is 22.7 Å². The van der Waals surface area contributed by atoms with E-state index in [0.717, 1.165) is 0 Å². The van der Waals surface area contributed by atoms with Crippen LogP contribution < -0.4 is 0 Å². The van der Waals surface area contributed by atoms with Crippen LogP contribution in [0.4, 0.5) is 4.79 Å². The lowest BCUT2D eigenvalue weighted by atomic mass is 10.1. The van der Waals surface area contributed by atoms with Gasteiger partial charge in [-0.1, -0.05) is 60.7 Å². The second-order valence-corrected chi connectivity index (χ2v) is 8.23. The summed E-state index contributed by atoms with van der Waals surface area (Å²) in [4.78, 5) is 26.7. The predicted octanol–water partition coefficient (Wildman–Crippen LogP) is 3.57. The Bertz CT molecular complexity index is 1010. The van der Waals surface area contributed by atoms with Gasteiger partial charge in [0.2, 0.25) is 5.78 Å². The number of ketones is 1. The van der Waals surface area contributed by atoms with Gasteiger partial charge < -0.3 is 9.64 Å². The highest BCUT2D eigenvalue weighted by Crippen LogP contribution is 2.44. The van der Waals surface area contributed by atoms with E-state index in [1.165, 1.54) is 4.90 Å². The number of ether oxygens (including phenoxy) is 1. The Balaban J connectivity index is 2.15. The van der Waals surface area contributed by atoms with E-state index >= 15 is 0 Å². The molecule has 0 radical (unpaired) electrons. The SMILES string of the molecule is CCN(CC)C(=O)OC1=C(c2ccccc2)S(=O)(=O)C(c2ccccc2)C1=O. The normalized spacial score (nSPS) is 18.2. The number of hydrogen-bond acceptors (Lipinski definition) is 5. The number of nitrogens with zero attached hydrogens (tertiary/aromatic N) is 1. The molecular weight excluding hydrogens is 378 g/mol. The van der Waals surface area contributed by atoms with Gasteiger partial charge in [-0.05, 0) is 25.0 Å². The molecule has 1 atom stereocenters. The van der Waals surface area contributed by atoms with E-state index in [1.807, 2.05) is 0 Å². The molecule has 0 saturated carbocycles. The Morgan fingerprint density at radius 3 is 2.04 bits per heavy atom. The monoisotopic (exact) mass is 399 g/mol. The number of carbonyl (C=O) groups is 2. The van der Waals surface area contributed by atoms with Crippen LogP contribution in [0.25, 0.3) is 4.91 Å². The van der Waals surface area contributed by atoms with Crippen molar-refractivity contribution in [3.8, 4) is 0 Å². The van der Waals surface area contributed by atoms with Crippen LogP contribution in [0.3, 0.4) is 0 Å². The van der Waals surface area contributed by atoms with E-state index in [9.17, 15) is 18.0 Å². The molecule has 0 bridgehead atoms. The van der Waals surface area contributed by atoms with E-state index in [2.05, 4.69) is 0 Å². The molecular formula is C21H21NO5S. The zero-order valence-electron chi connectivity index (χ0n) is 15.7. The molecule has 0 spiro atoms. The molecule has 1 heterocycles. The first-order valence-electron chi connectivity index (χ1n) is 9.01. The molecule has 1 unspecified atom stereocenters.